The van der Waals surface area contributed by atoms with Crippen molar-refractivity contribution in [1.82, 2.24) is 0 Å². The van der Waals surface area contributed by atoms with E-state index in [2.05, 4.69) is 22.5 Å². The summed E-state index contributed by atoms with van der Waals surface area (Å²) < 4.78 is 31.5. The topological polar surface area (TPSA) is 35.2 Å². The summed E-state index contributed by atoms with van der Waals surface area (Å²) in [5.74, 6) is -2.13. The van der Waals surface area contributed by atoms with E-state index >= 15 is 0 Å². The lowest BCUT2D eigenvalue weighted by Crippen LogP contribution is -2.10. The summed E-state index contributed by atoms with van der Waals surface area (Å²) in [6, 6.07) is 2.38. The zero-order valence-corrected chi connectivity index (χ0v) is 9.48. The fourth-order valence-electron chi connectivity index (χ4n) is 0.876. The Morgan fingerprint density at radius 1 is 1.47 bits per heavy atom. The van der Waals surface area contributed by atoms with Gasteiger partial charge in [0, 0.05) is 11.0 Å². The minimum absolute atomic E-state index is 0.0727. The molecule has 5 heteroatoms. The van der Waals surface area contributed by atoms with Crippen LogP contribution in [0.25, 0.3) is 0 Å². The molecule has 0 saturated carbocycles. The number of ether oxygens (including phenoxy) is 1. The van der Waals surface area contributed by atoms with Crippen molar-refractivity contribution in [3.63, 3.8) is 0 Å². The van der Waals surface area contributed by atoms with Gasteiger partial charge in [-0.2, -0.15) is 4.39 Å². The smallest absolute Gasteiger partial charge is 0.200 e. The highest BCUT2D eigenvalue weighted by molar-refractivity contribution is 9.10. The average Bonchev–Trinajstić information content (AvgIpc) is 2.20. The molecule has 1 aromatic carbocycles. The van der Waals surface area contributed by atoms with Gasteiger partial charge in [0.15, 0.2) is 11.6 Å². The van der Waals surface area contributed by atoms with E-state index in [1.807, 2.05) is 0 Å². The molecule has 0 fully saturated rings. The van der Waals surface area contributed by atoms with E-state index in [4.69, 9.17) is 10.5 Å². The summed E-state index contributed by atoms with van der Waals surface area (Å²) in [4.78, 5) is 0. The molecule has 0 spiro atoms. The van der Waals surface area contributed by atoms with Gasteiger partial charge in [0.1, 0.15) is 6.61 Å². The molecular weight excluding hydrogens is 268 g/mol. The summed E-state index contributed by atoms with van der Waals surface area (Å²) in [7, 11) is 0. The van der Waals surface area contributed by atoms with E-state index in [1.54, 1.807) is 0 Å². The molecule has 0 saturated heterocycles. The standard InChI is InChI=1S/C10H10BrF2NO/c1-6(4-14)5-15-9-3-7(11)2-8(12)10(9)13/h2-3H,1,4-5,14H2. The van der Waals surface area contributed by atoms with Crippen LogP contribution < -0.4 is 10.5 Å². The van der Waals surface area contributed by atoms with Crippen LogP contribution in [-0.4, -0.2) is 13.2 Å². The second-order valence-corrected chi connectivity index (χ2v) is 3.86. The first-order valence-electron chi connectivity index (χ1n) is 4.18. The van der Waals surface area contributed by atoms with Crippen LogP contribution in [0.1, 0.15) is 0 Å². The molecular formula is C10H10BrF2NO. The molecule has 0 heterocycles. The first kappa shape index (κ1) is 12.1. The van der Waals surface area contributed by atoms with Gasteiger partial charge in [-0.25, -0.2) is 4.39 Å². The van der Waals surface area contributed by atoms with Crippen molar-refractivity contribution >= 4 is 15.9 Å². The van der Waals surface area contributed by atoms with E-state index in [-0.39, 0.29) is 18.9 Å². The Kier molecular flexibility index (Phi) is 4.23. The zero-order chi connectivity index (χ0) is 11.4. The van der Waals surface area contributed by atoms with Gasteiger partial charge < -0.3 is 10.5 Å². The van der Waals surface area contributed by atoms with Crippen molar-refractivity contribution in [3.05, 3.63) is 40.4 Å². The van der Waals surface area contributed by atoms with Crippen molar-refractivity contribution in [2.45, 2.75) is 0 Å². The Labute approximate surface area is 94.9 Å². The molecule has 1 aromatic rings. The fourth-order valence-corrected chi connectivity index (χ4v) is 1.29. The van der Waals surface area contributed by atoms with Crippen LogP contribution >= 0.6 is 15.9 Å². The van der Waals surface area contributed by atoms with E-state index in [0.717, 1.165) is 6.07 Å². The van der Waals surface area contributed by atoms with Gasteiger partial charge in [-0.15, -0.1) is 0 Å². The number of hydrogen-bond donors (Lipinski definition) is 1. The Morgan fingerprint density at radius 3 is 2.73 bits per heavy atom. The van der Waals surface area contributed by atoms with E-state index in [9.17, 15) is 8.78 Å². The Hall–Kier alpha value is -0.940. The highest BCUT2D eigenvalue weighted by Crippen LogP contribution is 2.25. The molecule has 0 bridgehead atoms. The van der Waals surface area contributed by atoms with Crippen LogP contribution in [-0.2, 0) is 0 Å². The van der Waals surface area contributed by atoms with Gasteiger partial charge in [-0.05, 0) is 17.7 Å². The summed E-state index contributed by atoms with van der Waals surface area (Å²) >= 11 is 3.04. The highest BCUT2D eigenvalue weighted by Gasteiger charge is 2.11. The predicted molar refractivity (Wildman–Crippen MR) is 57.7 cm³/mol. The molecule has 0 amide bonds. The third-order valence-corrected chi connectivity index (χ3v) is 2.14. The maximum absolute atomic E-state index is 13.2. The molecule has 0 aliphatic heterocycles. The second-order valence-electron chi connectivity index (χ2n) is 2.94. The van der Waals surface area contributed by atoms with Crippen molar-refractivity contribution in [1.29, 1.82) is 0 Å². The SMILES string of the molecule is C=C(CN)COc1cc(Br)cc(F)c1F. The van der Waals surface area contributed by atoms with Crippen LogP contribution in [0.5, 0.6) is 5.75 Å². The Morgan fingerprint density at radius 2 is 2.13 bits per heavy atom. The molecule has 2 N–H and O–H groups in total. The molecule has 0 aliphatic carbocycles. The van der Waals surface area contributed by atoms with Gasteiger partial charge in [0.05, 0.1) is 0 Å². The fraction of sp³-hybridized carbons (Fsp3) is 0.200. The normalized spacial score (nSPS) is 10.1. The van der Waals surface area contributed by atoms with Crippen LogP contribution in [0.2, 0.25) is 0 Å². The number of nitrogens with two attached hydrogens (primary N) is 1. The quantitative estimate of drug-likeness (QED) is 0.678. The molecule has 0 aromatic heterocycles. The Bertz CT molecular complexity index is 382. The van der Waals surface area contributed by atoms with Gasteiger partial charge in [-0.1, -0.05) is 22.5 Å². The number of halogens is 3. The molecule has 0 unspecified atom stereocenters. The lowest BCUT2D eigenvalue weighted by atomic mass is 10.3. The summed E-state index contributed by atoms with van der Waals surface area (Å²) in [6.07, 6.45) is 0. The molecule has 0 aliphatic rings. The number of hydrogen-bond acceptors (Lipinski definition) is 2. The van der Waals surface area contributed by atoms with Gasteiger partial charge >= 0.3 is 0 Å². The Balaban J connectivity index is 2.81. The van der Waals surface area contributed by atoms with Gasteiger partial charge in [0.2, 0.25) is 5.82 Å². The monoisotopic (exact) mass is 277 g/mol. The van der Waals surface area contributed by atoms with Crippen LogP contribution in [0.4, 0.5) is 8.78 Å². The summed E-state index contributed by atoms with van der Waals surface area (Å²) in [5, 5.41) is 0. The molecule has 0 atom stereocenters. The number of benzene rings is 1. The molecule has 82 valence electrons. The largest absolute Gasteiger partial charge is 0.486 e. The molecule has 15 heavy (non-hydrogen) atoms. The zero-order valence-electron chi connectivity index (χ0n) is 7.90. The lowest BCUT2D eigenvalue weighted by molar-refractivity contribution is 0.322. The van der Waals surface area contributed by atoms with Crippen LogP contribution in [0, 0.1) is 11.6 Å². The van der Waals surface area contributed by atoms with Crippen molar-refractivity contribution in [2.24, 2.45) is 5.73 Å². The van der Waals surface area contributed by atoms with Crippen molar-refractivity contribution in [3.8, 4) is 5.75 Å². The minimum Gasteiger partial charge on any atom is -0.486 e. The minimum atomic E-state index is -1.01. The summed E-state index contributed by atoms with van der Waals surface area (Å²) in [5.41, 5.74) is 5.88. The first-order chi connectivity index (χ1) is 7.04. The van der Waals surface area contributed by atoms with Crippen LogP contribution in [0.15, 0.2) is 28.8 Å². The number of rotatable bonds is 4. The molecule has 2 nitrogen and oxygen atoms in total. The van der Waals surface area contributed by atoms with Crippen molar-refractivity contribution < 1.29 is 13.5 Å². The third kappa shape index (κ3) is 3.28. The third-order valence-electron chi connectivity index (χ3n) is 1.68. The highest BCUT2D eigenvalue weighted by atomic mass is 79.9. The van der Waals surface area contributed by atoms with Crippen LogP contribution in [0.3, 0.4) is 0 Å². The average molecular weight is 278 g/mol. The molecule has 1 rings (SSSR count). The lowest BCUT2D eigenvalue weighted by Gasteiger charge is -2.08. The van der Waals surface area contributed by atoms with E-state index < -0.39 is 11.6 Å². The maximum atomic E-state index is 13.2. The summed E-state index contributed by atoms with van der Waals surface area (Å²) in [6.45, 7) is 3.91. The maximum Gasteiger partial charge on any atom is 0.200 e. The van der Waals surface area contributed by atoms with Gasteiger partial charge in [0.25, 0.3) is 0 Å². The van der Waals surface area contributed by atoms with E-state index in [1.165, 1.54) is 6.07 Å². The molecule has 0 radical (unpaired) electrons. The second kappa shape index (κ2) is 5.23. The van der Waals surface area contributed by atoms with Crippen molar-refractivity contribution in [2.75, 3.05) is 13.2 Å². The van der Waals surface area contributed by atoms with Gasteiger partial charge in [-0.3, -0.25) is 0 Å². The predicted octanol–water partition coefficient (Wildman–Crippen LogP) is 2.62. The van der Waals surface area contributed by atoms with E-state index in [0.29, 0.717) is 10.0 Å². The first-order valence-corrected chi connectivity index (χ1v) is 4.98.